The third-order valence-corrected chi connectivity index (χ3v) is 4.12. The van der Waals surface area contributed by atoms with Crippen molar-refractivity contribution in [2.75, 3.05) is 26.8 Å². The van der Waals surface area contributed by atoms with Crippen LogP contribution in [-0.2, 0) is 11.2 Å². The Morgan fingerprint density at radius 2 is 2.09 bits per heavy atom. The van der Waals surface area contributed by atoms with E-state index in [1.807, 2.05) is 7.05 Å². The lowest BCUT2D eigenvalue weighted by atomic mass is 10.1. The molecule has 0 amide bonds. The largest absolute Gasteiger partial charge is 0.381 e. The van der Waals surface area contributed by atoms with Crippen LogP contribution in [0.15, 0.2) is 35.3 Å². The Labute approximate surface area is 140 Å². The summed E-state index contributed by atoms with van der Waals surface area (Å²) >= 11 is 0. The van der Waals surface area contributed by atoms with Crippen LogP contribution in [0.3, 0.4) is 0 Å². The third kappa shape index (κ3) is 8.03. The average molecular weight is 317 g/mol. The number of guanidine groups is 1. The Bertz CT molecular complexity index is 457. The quantitative estimate of drug-likeness (QED) is 0.396. The van der Waals surface area contributed by atoms with Gasteiger partial charge in [-0.3, -0.25) is 4.99 Å². The van der Waals surface area contributed by atoms with Gasteiger partial charge in [-0.1, -0.05) is 30.3 Å². The molecule has 2 N–H and O–H groups in total. The molecule has 128 valence electrons. The number of hydrogen-bond donors (Lipinski definition) is 2. The van der Waals surface area contributed by atoms with E-state index in [0.29, 0.717) is 6.04 Å². The maximum atomic E-state index is 5.64. The smallest absolute Gasteiger partial charge is 0.191 e. The molecule has 0 aromatic heterocycles. The lowest BCUT2D eigenvalue weighted by Gasteiger charge is -2.18. The second-order valence-corrected chi connectivity index (χ2v) is 6.44. The lowest BCUT2D eigenvalue weighted by molar-refractivity contribution is 0.123. The summed E-state index contributed by atoms with van der Waals surface area (Å²) in [5, 5.41) is 6.82. The minimum Gasteiger partial charge on any atom is -0.381 e. The minimum absolute atomic E-state index is 0.396. The maximum absolute atomic E-state index is 5.64. The Hall–Kier alpha value is -1.55. The molecule has 0 heterocycles. The SMILES string of the molecule is CN=C(NCCCOCC1CC1)NC(C)CCc1ccccc1. The molecule has 0 aliphatic heterocycles. The maximum Gasteiger partial charge on any atom is 0.191 e. The van der Waals surface area contributed by atoms with Crippen LogP contribution in [-0.4, -0.2) is 38.8 Å². The minimum atomic E-state index is 0.396. The van der Waals surface area contributed by atoms with E-state index in [1.165, 1.54) is 18.4 Å². The van der Waals surface area contributed by atoms with Gasteiger partial charge in [0, 0.05) is 32.8 Å². The van der Waals surface area contributed by atoms with Crippen molar-refractivity contribution in [1.82, 2.24) is 10.6 Å². The Morgan fingerprint density at radius 3 is 2.78 bits per heavy atom. The number of aliphatic imine (C=N–C) groups is 1. The summed E-state index contributed by atoms with van der Waals surface area (Å²) in [5.74, 6) is 1.73. The van der Waals surface area contributed by atoms with Crippen LogP contribution >= 0.6 is 0 Å². The van der Waals surface area contributed by atoms with Gasteiger partial charge in [0.2, 0.25) is 0 Å². The first kappa shape index (κ1) is 17.8. The molecular formula is C19H31N3O. The molecule has 0 saturated heterocycles. The molecule has 23 heavy (non-hydrogen) atoms. The topological polar surface area (TPSA) is 45.7 Å². The van der Waals surface area contributed by atoms with Crippen molar-refractivity contribution in [3.05, 3.63) is 35.9 Å². The molecule has 4 nitrogen and oxygen atoms in total. The molecule has 1 aliphatic carbocycles. The molecule has 2 rings (SSSR count). The predicted molar refractivity (Wildman–Crippen MR) is 96.9 cm³/mol. The third-order valence-electron chi connectivity index (χ3n) is 4.12. The van der Waals surface area contributed by atoms with Gasteiger partial charge in [-0.15, -0.1) is 0 Å². The fourth-order valence-electron chi connectivity index (χ4n) is 2.44. The number of nitrogens with one attached hydrogen (secondary N) is 2. The van der Waals surface area contributed by atoms with Crippen molar-refractivity contribution in [2.24, 2.45) is 10.9 Å². The highest BCUT2D eigenvalue weighted by atomic mass is 16.5. The first-order valence-electron chi connectivity index (χ1n) is 8.86. The number of rotatable bonds is 10. The number of aryl methyl sites for hydroxylation is 1. The van der Waals surface area contributed by atoms with Gasteiger partial charge in [-0.2, -0.15) is 0 Å². The number of ether oxygens (including phenoxy) is 1. The summed E-state index contributed by atoms with van der Waals surface area (Å²) in [5.41, 5.74) is 1.39. The van der Waals surface area contributed by atoms with Crippen LogP contribution in [0.4, 0.5) is 0 Å². The number of benzene rings is 1. The molecule has 1 saturated carbocycles. The Kier molecular flexibility index (Phi) is 7.95. The van der Waals surface area contributed by atoms with Gasteiger partial charge in [0.25, 0.3) is 0 Å². The Balaban J connectivity index is 1.53. The molecule has 4 heteroatoms. The van der Waals surface area contributed by atoms with E-state index < -0.39 is 0 Å². The van der Waals surface area contributed by atoms with E-state index >= 15 is 0 Å². The molecule has 1 aliphatic rings. The second-order valence-electron chi connectivity index (χ2n) is 6.44. The number of nitrogens with zero attached hydrogens (tertiary/aromatic N) is 1. The second kappa shape index (κ2) is 10.3. The predicted octanol–water partition coefficient (Wildman–Crippen LogP) is 2.99. The zero-order valence-electron chi connectivity index (χ0n) is 14.6. The molecular weight excluding hydrogens is 286 g/mol. The van der Waals surface area contributed by atoms with Crippen LogP contribution in [0, 0.1) is 5.92 Å². The van der Waals surface area contributed by atoms with Gasteiger partial charge in [-0.05, 0) is 50.5 Å². The molecule has 0 spiro atoms. The summed E-state index contributed by atoms with van der Waals surface area (Å²) in [6.07, 6.45) is 5.91. The fraction of sp³-hybridized carbons (Fsp3) is 0.632. The van der Waals surface area contributed by atoms with Crippen molar-refractivity contribution >= 4 is 5.96 Å². The standard InChI is InChI=1S/C19H31N3O/c1-16(9-10-17-7-4-3-5-8-17)22-19(20-2)21-13-6-14-23-15-18-11-12-18/h3-5,7-8,16,18H,6,9-15H2,1-2H3,(H2,20,21,22). The summed E-state index contributed by atoms with van der Waals surface area (Å²) in [4.78, 5) is 4.29. The van der Waals surface area contributed by atoms with Gasteiger partial charge >= 0.3 is 0 Å². The van der Waals surface area contributed by atoms with E-state index in [0.717, 1.165) is 50.9 Å². The summed E-state index contributed by atoms with van der Waals surface area (Å²) in [6.45, 7) is 4.89. The van der Waals surface area contributed by atoms with Gasteiger partial charge in [0.15, 0.2) is 5.96 Å². The zero-order valence-corrected chi connectivity index (χ0v) is 14.6. The van der Waals surface area contributed by atoms with E-state index in [2.05, 4.69) is 52.9 Å². The number of hydrogen-bond acceptors (Lipinski definition) is 2. The van der Waals surface area contributed by atoms with Crippen LogP contribution in [0.1, 0.15) is 38.2 Å². The van der Waals surface area contributed by atoms with Crippen molar-refractivity contribution in [2.45, 2.75) is 45.1 Å². The highest BCUT2D eigenvalue weighted by Crippen LogP contribution is 2.28. The van der Waals surface area contributed by atoms with E-state index in [9.17, 15) is 0 Å². The normalized spacial score (nSPS) is 16.2. The van der Waals surface area contributed by atoms with Gasteiger partial charge in [0.1, 0.15) is 0 Å². The molecule has 0 bridgehead atoms. The first-order valence-corrected chi connectivity index (χ1v) is 8.86. The highest BCUT2D eigenvalue weighted by molar-refractivity contribution is 5.79. The fourth-order valence-corrected chi connectivity index (χ4v) is 2.44. The summed E-state index contributed by atoms with van der Waals surface area (Å²) in [7, 11) is 1.82. The van der Waals surface area contributed by atoms with Crippen LogP contribution in [0.5, 0.6) is 0 Å². The molecule has 1 aromatic rings. The molecule has 1 aromatic carbocycles. The zero-order chi connectivity index (χ0) is 16.3. The van der Waals surface area contributed by atoms with Crippen LogP contribution in [0.2, 0.25) is 0 Å². The van der Waals surface area contributed by atoms with Crippen LogP contribution in [0.25, 0.3) is 0 Å². The van der Waals surface area contributed by atoms with Crippen molar-refractivity contribution < 1.29 is 4.74 Å². The van der Waals surface area contributed by atoms with Crippen LogP contribution < -0.4 is 10.6 Å². The van der Waals surface area contributed by atoms with E-state index in [1.54, 1.807) is 0 Å². The van der Waals surface area contributed by atoms with Crippen molar-refractivity contribution in [3.8, 4) is 0 Å². The monoisotopic (exact) mass is 317 g/mol. The first-order chi connectivity index (χ1) is 11.3. The average Bonchev–Trinajstić information content (AvgIpc) is 3.40. The molecule has 1 fully saturated rings. The summed E-state index contributed by atoms with van der Waals surface area (Å²) < 4.78 is 5.64. The van der Waals surface area contributed by atoms with E-state index in [-0.39, 0.29) is 0 Å². The van der Waals surface area contributed by atoms with E-state index in [4.69, 9.17) is 4.74 Å². The van der Waals surface area contributed by atoms with Gasteiger partial charge in [0.05, 0.1) is 0 Å². The van der Waals surface area contributed by atoms with Gasteiger partial charge in [-0.25, -0.2) is 0 Å². The summed E-state index contributed by atoms with van der Waals surface area (Å²) in [6, 6.07) is 11.0. The van der Waals surface area contributed by atoms with Crippen molar-refractivity contribution in [3.63, 3.8) is 0 Å². The molecule has 0 radical (unpaired) electrons. The lowest BCUT2D eigenvalue weighted by Crippen LogP contribution is -2.42. The molecule has 1 atom stereocenters. The Morgan fingerprint density at radius 1 is 1.30 bits per heavy atom. The van der Waals surface area contributed by atoms with Crippen molar-refractivity contribution in [1.29, 1.82) is 0 Å². The van der Waals surface area contributed by atoms with Gasteiger partial charge < -0.3 is 15.4 Å². The highest BCUT2D eigenvalue weighted by Gasteiger charge is 2.20. The molecule has 1 unspecified atom stereocenters.